The number of amides is 1. The second-order valence-electron chi connectivity index (χ2n) is 5.79. The number of fused-ring (bicyclic) bond motifs is 1. The summed E-state index contributed by atoms with van der Waals surface area (Å²) in [6.07, 6.45) is 6.29. The lowest BCUT2D eigenvalue weighted by molar-refractivity contribution is 0.0722. The van der Waals surface area contributed by atoms with Crippen molar-refractivity contribution in [1.29, 1.82) is 0 Å². The van der Waals surface area contributed by atoms with E-state index in [0.29, 0.717) is 13.0 Å². The molecule has 2 N–H and O–H groups in total. The van der Waals surface area contributed by atoms with E-state index in [-0.39, 0.29) is 29.7 Å². The number of likely N-dealkylation sites (N-methyl/N-ethyl adjacent to an activating group) is 1. The summed E-state index contributed by atoms with van der Waals surface area (Å²) in [6.45, 7) is 2.39. The molecule has 3 rings (SSSR count). The lowest BCUT2D eigenvalue weighted by atomic mass is 10.0. The van der Waals surface area contributed by atoms with Crippen LogP contribution in [-0.4, -0.2) is 40.1 Å². The molecule has 5 nitrogen and oxygen atoms in total. The first kappa shape index (κ1) is 16.2. The predicted octanol–water partition coefficient (Wildman–Crippen LogP) is 2.24. The van der Waals surface area contributed by atoms with Crippen molar-refractivity contribution in [1.82, 2.24) is 9.88 Å². The number of rotatable bonds is 4. The lowest BCUT2D eigenvalue weighted by Crippen LogP contribution is -2.41. The quantitative estimate of drug-likeness (QED) is 0.906. The Labute approximate surface area is 139 Å². The van der Waals surface area contributed by atoms with E-state index in [1.807, 2.05) is 49.4 Å². The number of aliphatic hydroxyl groups is 1. The molecule has 0 aliphatic heterocycles. The normalized spacial score (nSPS) is 16.9. The molecule has 0 spiro atoms. The van der Waals surface area contributed by atoms with Gasteiger partial charge in [0.05, 0.1) is 12.6 Å². The monoisotopic (exact) mass is 324 g/mol. The Hall–Kier alpha value is -2.66. The first-order valence-electron chi connectivity index (χ1n) is 8.05. The van der Waals surface area contributed by atoms with Crippen molar-refractivity contribution >= 4 is 16.8 Å². The van der Waals surface area contributed by atoms with Gasteiger partial charge in [-0.15, -0.1) is 0 Å². The van der Waals surface area contributed by atoms with Crippen LogP contribution < -0.4 is 5.56 Å². The van der Waals surface area contributed by atoms with Gasteiger partial charge in [-0.3, -0.25) is 9.59 Å². The topological polar surface area (TPSA) is 73.4 Å². The molecule has 1 aliphatic carbocycles. The highest BCUT2D eigenvalue weighted by Gasteiger charge is 2.24. The molecule has 124 valence electrons. The number of aromatic nitrogens is 1. The van der Waals surface area contributed by atoms with Gasteiger partial charge in [-0.2, -0.15) is 0 Å². The number of hydrogen-bond acceptors (Lipinski definition) is 3. The van der Waals surface area contributed by atoms with Crippen LogP contribution in [0.5, 0.6) is 0 Å². The van der Waals surface area contributed by atoms with E-state index in [2.05, 4.69) is 4.98 Å². The van der Waals surface area contributed by atoms with Gasteiger partial charge in [-0.25, -0.2) is 0 Å². The Morgan fingerprint density at radius 2 is 2.17 bits per heavy atom. The minimum Gasteiger partial charge on any atom is -0.392 e. The molecule has 0 fully saturated rings. The summed E-state index contributed by atoms with van der Waals surface area (Å²) in [5.41, 5.74) is 1.35. The van der Waals surface area contributed by atoms with Gasteiger partial charge in [0.25, 0.3) is 11.5 Å². The van der Waals surface area contributed by atoms with Gasteiger partial charge >= 0.3 is 0 Å². The van der Waals surface area contributed by atoms with Crippen LogP contribution in [0.25, 0.3) is 10.9 Å². The Kier molecular flexibility index (Phi) is 4.62. The van der Waals surface area contributed by atoms with Crippen LogP contribution in [-0.2, 0) is 0 Å². The van der Waals surface area contributed by atoms with E-state index >= 15 is 0 Å². The summed E-state index contributed by atoms with van der Waals surface area (Å²) >= 11 is 0. The zero-order chi connectivity index (χ0) is 17.1. The van der Waals surface area contributed by atoms with Crippen LogP contribution in [0, 0.1) is 0 Å². The van der Waals surface area contributed by atoms with E-state index in [1.54, 1.807) is 11.0 Å². The SMILES string of the molecule is CCN(C(=O)c1cc2ccccc2[nH]c1=O)C1C=CC(CO)=CC1. The summed E-state index contributed by atoms with van der Waals surface area (Å²) < 4.78 is 0. The number of carbonyl (C=O) groups is 1. The fraction of sp³-hybridized carbons (Fsp3) is 0.263. The van der Waals surface area contributed by atoms with Crippen LogP contribution in [0.15, 0.2) is 58.9 Å². The van der Waals surface area contributed by atoms with Crippen molar-refractivity contribution in [2.45, 2.75) is 19.4 Å². The zero-order valence-corrected chi connectivity index (χ0v) is 13.5. The summed E-state index contributed by atoms with van der Waals surface area (Å²) in [5.74, 6) is -0.278. The average Bonchev–Trinajstić information content (AvgIpc) is 2.62. The number of aromatic amines is 1. The maximum atomic E-state index is 12.9. The smallest absolute Gasteiger partial charge is 0.261 e. The van der Waals surface area contributed by atoms with Crippen LogP contribution in [0.1, 0.15) is 23.7 Å². The number of pyridine rings is 1. The van der Waals surface area contributed by atoms with Gasteiger partial charge in [-0.05, 0) is 36.4 Å². The van der Waals surface area contributed by atoms with Gasteiger partial charge in [0.2, 0.25) is 0 Å². The number of nitrogens with zero attached hydrogens (tertiary/aromatic N) is 1. The molecule has 1 aromatic heterocycles. The first-order chi connectivity index (χ1) is 11.6. The van der Waals surface area contributed by atoms with Crippen LogP contribution in [0.2, 0.25) is 0 Å². The summed E-state index contributed by atoms with van der Waals surface area (Å²) in [6, 6.07) is 8.94. The van der Waals surface area contributed by atoms with Crippen molar-refractivity contribution in [3.05, 3.63) is 70.1 Å². The minimum atomic E-state index is -0.372. The van der Waals surface area contributed by atoms with E-state index in [0.717, 1.165) is 16.5 Å². The second-order valence-corrected chi connectivity index (χ2v) is 5.79. The zero-order valence-electron chi connectivity index (χ0n) is 13.5. The van der Waals surface area contributed by atoms with Crippen molar-refractivity contribution in [2.75, 3.05) is 13.2 Å². The third kappa shape index (κ3) is 3.03. The number of benzene rings is 1. The van der Waals surface area contributed by atoms with Crippen molar-refractivity contribution in [3.8, 4) is 0 Å². The highest BCUT2D eigenvalue weighted by Crippen LogP contribution is 2.18. The summed E-state index contributed by atoms with van der Waals surface area (Å²) in [7, 11) is 0. The molecule has 24 heavy (non-hydrogen) atoms. The number of aliphatic hydroxyl groups excluding tert-OH is 1. The van der Waals surface area contributed by atoms with Crippen LogP contribution in [0.3, 0.4) is 0 Å². The Morgan fingerprint density at radius 3 is 2.83 bits per heavy atom. The molecule has 1 unspecified atom stereocenters. The fourth-order valence-corrected chi connectivity index (χ4v) is 2.99. The van der Waals surface area contributed by atoms with Crippen LogP contribution >= 0.6 is 0 Å². The maximum absolute atomic E-state index is 12.9. The molecule has 1 atom stereocenters. The molecule has 1 heterocycles. The minimum absolute atomic E-state index is 0.00632. The Balaban J connectivity index is 1.92. The second kappa shape index (κ2) is 6.84. The molecule has 1 amide bonds. The van der Waals surface area contributed by atoms with Gasteiger partial charge in [0.1, 0.15) is 5.56 Å². The first-order valence-corrected chi connectivity index (χ1v) is 8.05. The maximum Gasteiger partial charge on any atom is 0.261 e. The molecule has 2 aromatic rings. The fourth-order valence-electron chi connectivity index (χ4n) is 2.99. The van der Waals surface area contributed by atoms with Crippen molar-refractivity contribution in [3.63, 3.8) is 0 Å². The predicted molar refractivity (Wildman–Crippen MR) is 94.0 cm³/mol. The Morgan fingerprint density at radius 1 is 1.38 bits per heavy atom. The molecule has 1 aliphatic rings. The van der Waals surface area contributed by atoms with Gasteiger partial charge in [-0.1, -0.05) is 36.4 Å². The third-order valence-electron chi connectivity index (χ3n) is 4.32. The molecular weight excluding hydrogens is 304 g/mol. The molecule has 0 bridgehead atoms. The molecule has 1 aromatic carbocycles. The summed E-state index contributed by atoms with van der Waals surface area (Å²) in [4.78, 5) is 29.7. The van der Waals surface area contributed by atoms with E-state index in [4.69, 9.17) is 5.11 Å². The Bertz CT molecular complexity index is 880. The number of nitrogens with one attached hydrogen (secondary N) is 1. The van der Waals surface area contributed by atoms with Crippen molar-refractivity contribution < 1.29 is 9.90 Å². The van der Waals surface area contributed by atoms with Crippen LogP contribution in [0.4, 0.5) is 0 Å². The molecule has 5 heteroatoms. The standard InChI is InChI=1S/C19H20N2O3/c1-2-21(15-9-7-13(12-22)8-10-15)19(24)16-11-14-5-3-4-6-17(14)20-18(16)23/h3-9,11,15,22H,2,10,12H2,1H3,(H,20,23). The highest BCUT2D eigenvalue weighted by atomic mass is 16.3. The molecular formula is C19H20N2O3. The third-order valence-corrected chi connectivity index (χ3v) is 4.32. The van der Waals surface area contributed by atoms with Gasteiger partial charge < -0.3 is 15.0 Å². The summed E-state index contributed by atoms with van der Waals surface area (Å²) in [5, 5.41) is 9.98. The van der Waals surface area contributed by atoms with Crippen molar-refractivity contribution in [2.24, 2.45) is 0 Å². The number of hydrogen-bond donors (Lipinski definition) is 2. The lowest BCUT2D eigenvalue weighted by Gasteiger charge is -2.29. The number of para-hydroxylation sites is 1. The molecule has 0 saturated carbocycles. The molecule has 0 saturated heterocycles. The highest BCUT2D eigenvalue weighted by molar-refractivity contribution is 5.97. The number of carbonyl (C=O) groups excluding carboxylic acids is 1. The van der Waals surface area contributed by atoms with E-state index in [9.17, 15) is 9.59 Å². The largest absolute Gasteiger partial charge is 0.392 e. The van der Waals surface area contributed by atoms with E-state index < -0.39 is 0 Å². The molecule has 0 radical (unpaired) electrons. The van der Waals surface area contributed by atoms with Gasteiger partial charge in [0.15, 0.2) is 0 Å². The number of H-pyrrole nitrogens is 1. The van der Waals surface area contributed by atoms with E-state index in [1.165, 1.54) is 0 Å². The van der Waals surface area contributed by atoms with Gasteiger partial charge in [0, 0.05) is 12.1 Å². The average molecular weight is 324 g/mol.